The molecule has 5 rings (SSSR count). The maximum absolute atomic E-state index is 12.7. The number of nitrogens with one attached hydrogen (secondary N) is 1. The highest BCUT2D eigenvalue weighted by molar-refractivity contribution is 5.94. The first-order valence-electron chi connectivity index (χ1n) is 10.8. The molecule has 1 N–H and O–H groups in total. The Morgan fingerprint density at radius 3 is 2.58 bits per heavy atom. The van der Waals surface area contributed by atoms with Crippen LogP contribution in [0.15, 0.2) is 49.1 Å². The molecule has 0 atom stereocenters. The first kappa shape index (κ1) is 21.0. The SMILES string of the molecule is CN1CCN(c2cc(CC(=O)Nc3cc4cc(-c5cn(C)nn5)ncc4cn3)ccn2)CC1. The molecule has 5 heterocycles. The van der Waals surface area contributed by atoms with Crippen molar-refractivity contribution in [3.63, 3.8) is 0 Å². The molecule has 1 aliphatic rings. The van der Waals surface area contributed by atoms with Crippen molar-refractivity contribution in [1.82, 2.24) is 34.8 Å². The van der Waals surface area contributed by atoms with Gasteiger partial charge in [0.05, 0.1) is 18.3 Å². The van der Waals surface area contributed by atoms with Gasteiger partial charge in [0.2, 0.25) is 5.91 Å². The van der Waals surface area contributed by atoms with E-state index >= 15 is 0 Å². The predicted molar refractivity (Wildman–Crippen MR) is 126 cm³/mol. The van der Waals surface area contributed by atoms with Crippen LogP contribution in [-0.2, 0) is 18.3 Å². The molecule has 10 heteroatoms. The largest absolute Gasteiger partial charge is 0.354 e. The number of carbonyl (C=O) groups excluding carboxylic acids is 1. The van der Waals surface area contributed by atoms with E-state index in [9.17, 15) is 4.79 Å². The fraction of sp³-hybridized carbons (Fsp3) is 0.304. The number of likely N-dealkylation sites (N-methyl/N-ethyl adjacent to an activating group) is 1. The third-order valence-corrected chi connectivity index (χ3v) is 5.74. The smallest absolute Gasteiger partial charge is 0.229 e. The van der Waals surface area contributed by atoms with Crippen molar-refractivity contribution in [2.75, 3.05) is 43.4 Å². The standard InChI is InChI=1S/C23H25N9O/c1-30-5-7-32(8-6-30)22-9-16(3-4-24-22)10-23(33)27-21-12-17-11-19(20-15-31(2)29-28-20)25-13-18(17)14-26-21/h3-4,9,11-15H,5-8,10H2,1-2H3,(H,26,27,33). The van der Waals surface area contributed by atoms with Crippen LogP contribution in [0, 0.1) is 0 Å². The number of rotatable bonds is 5. The Morgan fingerprint density at radius 2 is 1.79 bits per heavy atom. The van der Waals surface area contributed by atoms with Gasteiger partial charge in [0, 0.05) is 57.2 Å². The fourth-order valence-corrected chi connectivity index (χ4v) is 3.86. The zero-order chi connectivity index (χ0) is 22.8. The molecule has 0 unspecified atom stereocenters. The molecule has 1 fully saturated rings. The van der Waals surface area contributed by atoms with E-state index in [-0.39, 0.29) is 12.3 Å². The van der Waals surface area contributed by atoms with E-state index < -0.39 is 0 Å². The number of hydrogen-bond acceptors (Lipinski definition) is 8. The van der Waals surface area contributed by atoms with Gasteiger partial charge >= 0.3 is 0 Å². The number of pyridine rings is 3. The quantitative estimate of drug-likeness (QED) is 0.497. The van der Waals surface area contributed by atoms with Crippen LogP contribution in [0.5, 0.6) is 0 Å². The predicted octanol–water partition coefficient (Wildman–Crippen LogP) is 1.75. The average Bonchev–Trinajstić information content (AvgIpc) is 3.25. The second-order valence-electron chi connectivity index (χ2n) is 8.30. The van der Waals surface area contributed by atoms with Crippen molar-refractivity contribution in [1.29, 1.82) is 0 Å². The number of hydrogen-bond donors (Lipinski definition) is 1. The molecule has 0 aliphatic carbocycles. The zero-order valence-corrected chi connectivity index (χ0v) is 18.6. The first-order valence-corrected chi connectivity index (χ1v) is 10.8. The van der Waals surface area contributed by atoms with Crippen LogP contribution in [0.25, 0.3) is 22.2 Å². The van der Waals surface area contributed by atoms with E-state index in [0.717, 1.165) is 48.3 Å². The van der Waals surface area contributed by atoms with Crippen LogP contribution in [0.3, 0.4) is 0 Å². The monoisotopic (exact) mass is 443 g/mol. The fourth-order valence-electron chi connectivity index (χ4n) is 3.86. The number of piperazine rings is 1. The maximum Gasteiger partial charge on any atom is 0.229 e. The van der Waals surface area contributed by atoms with Crippen LogP contribution in [0.4, 0.5) is 11.6 Å². The van der Waals surface area contributed by atoms with Crippen molar-refractivity contribution < 1.29 is 4.79 Å². The Morgan fingerprint density at radius 1 is 0.970 bits per heavy atom. The van der Waals surface area contributed by atoms with Crippen molar-refractivity contribution in [3.8, 4) is 11.4 Å². The van der Waals surface area contributed by atoms with E-state index in [1.165, 1.54) is 0 Å². The number of aromatic nitrogens is 6. The van der Waals surface area contributed by atoms with Crippen molar-refractivity contribution >= 4 is 28.3 Å². The molecule has 1 saturated heterocycles. The molecule has 33 heavy (non-hydrogen) atoms. The summed E-state index contributed by atoms with van der Waals surface area (Å²) in [6.45, 7) is 3.89. The third-order valence-electron chi connectivity index (χ3n) is 5.74. The lowest BCUT2D eigenvalue weighted by atomic mass is 10.1. The van der Waals surface area contributed by atoms with Gasteiger partial charge in [0.25, 0.3) is 0 Å². The van der Waals surface area contributed by atoms with Crippen molar-refractivity contribution in [3.05, 3.63) is 54.6 Å². The maximum atomic E-state index is 12.7. The van der Waals surface area contributed by atoms with E-state index in [0.29, 0.717) is 17.2 Å². The summed E-state index contributed by atoms with van der Waals surface area (Å²) in [5, 5.41) is 12.8. The Bertz CT molecular complexity index is 1290. The second-order valence-corrected chi connectivity index (χ2v) is 8.30. The van der Waals surface area contributed by atoms with E-state index in [4.69, 9.17) is 0 Å². The van der Waals surface area contributed by atoms with Gasteiger partial charge < -0.3 is 15.1 Å². The number of carbonyl (C=O) groups is 1. The van der Waals surface area contributed by atoms with Crippen LogP contribution >= 0.6 is 0 Å². The van der Waals surface area contributed by atoms with Gasteiger partial charge in [-0.2, -0.15) is 0 Å². The summed E-state index contributed by atoms with van der Waals surface area (Å²) < 4.78 is 1.63. The number of amides is 1. The Balaban J connectivity index is 1.28. The highest BCUT2D eigenvalue weighted by Crippen LogP contribution is 2.22. The minimum atomic E-state index is -0.124. The zero-order valence-electron chi connectivity index (χ0n) is 18.6. The van der Waals surface area contributed by atoms with E-state index in [1.807, 2.05) is 37.5 Å². The third kappa shape index (κ3) is 4.80. The highest BCUT2D eigenvalue weighted by Gasteiger charge is 2.16. The lowest BCUT2D eigenvalue weighted by molar-refractivity contribution is -0.115. The van der Waals surface area contributed by atoms with Crippen LogP contribution < -0.4 is 10.2 Å². The van der Waals surface area contributed by atoms with Crippen molar-refractivity contribution in [2.45, 2.75) is 6.42 Å². The second kappa shape index (κ2) is 8.91. The van der Waals surface area contributed by atoms with Gasteiger partial charge in [0.15, 0.2) is 0 Å². The van der Waals surface area contributed by atoms with E-state index in [1.54, 1.807) is 23.3 Å². The normalized spacial score (nSPS) is 14.5. The molecular weight excluding hydrogens is 418 g/mol. The van der Waals surface area contributed by atoms with Gasteiger partial charge in [0.1, 0.15) is 17.3 Å². The van der Waals surface area contributed by atoms with Gasteiger partial charge in [-0.3, -0.25) is 14.5 Å². The average molecular weight is 444 g/mol. The summed E-state index contributed by atoms with van der Waals surface area (Å²) in [7, 11) is 3.94. The Labute approximate surface area is 191 Å². The van der Waals surface area contributed by atoms with Crippen LogP contribution in [0.1, 0.15) is 5.56 Å². The van der Waals surface area contributed by atoms with E-state index in [2.05, 4.69) is 47.4 Å². The summed E-state index contributed by atoms with van der Waals surface area (Å²) in [5.41, 5.74) is 2.33. The van der Waals surface area contributed by atoms with Crippen molar-refractivity contribution in [2.24, 2.45) is 7.05 Å². The van der Waals surface area contributed by atoms with Gasteiger partial charge in [-0.25, -0.2) is 9.97 Å². The highest BCUT2D eigenvalue weighted by atomic mass is 16.1. The number of anilines is 2. The van der Waals surface area contributed by atoms with Crippen LogP contribution in [-0.4, -0.2) is 74.0 Å². The van der Waals surface area contributed by atoms with Gasteiger partial charge in [-0.1, -0.05) is 5.21 Å². The molecule has 0 saturated carbocycles. The summed E-state index contributed by atoms with van der Waals surface area (Å²) >= 11 is 0. The topological polar surface area (TPSA) is 105 Å². The lowest BCUT2D eigenvalue weighted by Gasteiger charge is -2.33. The van der Waals surface area contributed by atoms with Gasteiger partial charge in [-0.05, 0) is 42.3 Å². The summed E-state index contributed by atoms with van der Waals surface area (Å²) in [6.07, 6.45) is 7.28. The molecule has 4 aromatic heterocycles. The number of fused-ring (bicyclic) bond motifs is 1. The minimum absolute atomic E-state index is 0.124. The van der Waals surface area contributed by atoms with Gasteiger partial charge in [-0.15, -0.1) is 5.10 Å². The molecule has 0 aromatic carbocycles. The molecular formula is C23H25N9O. The molecule has 0 radical (unpaired) electrons. The molecule has 1 amide bonds. The summed E-state index contributed by atoms with van der Waals surface area (Å²) in [6, 6.07) is 7.64. The Kier molecular flexibility index (Phi) is 5.66. The summed E-state index contributed by atoms with van der Waals surface area (Å²) in [4.78, 5) is 30.6. The minimum Gasteiger partial charge on any atom is -0.354 e. The molecule has 0 bridgehead atoms. The Hall–Kier alpha value is -3.92. The number of nitrogens with zero attached hydrogens (tertiary/aromatic N) is 8. The van der Waals surface area contributed by atoms with Crippen LogP contribution in [0.2, 0.25) is 0 Å². The molecule has 0 spiro atoms. The summed E-state index contributed by atoms with van der Waals surface area (Å²) in [5.74, 6) is 1.29. The molecule has 4 aromatic rings. The molecule has 1 aliphatic heterocycles. The molecule has 168 valence electrons. The molecule has 10 nitrogen and oxygen atoms in total. The lowest BCUT2D eigenvalue weighted by Crippen LogP contribution is -2.44. The first-order chi connectivity index (χ1) is 16.0. The number of aryl methyl sites for hydroxylation is 1.